The van der Waals surface area contributed by atoms with Crippen molar-refractivity contribution >= 4 is 17.9 Å². The minimum atomic E-state index is -0.872. The minimum Gasteiger partial charge on any atom is -0.481 e. The molecule has 7 heteroatoms. The number of hydrogen-bond donors (Lipinski definition) is 3. The lowest BCUT2D eigenvalue weighted by Crippen LogP contribution is -2.63. The van der Waals surface area contributed by atoms with Crippen molar-refractivity contribution in [2.75, 3.05) is 13.1 Å². The van der Waals surface area contributed by atoms with Crippen LogP contribution in [0.1, 0.15) is 40.0 Å². The van der Waals surface area contributed by atoms with Gasteiger partial charge in [0.1, 0.15) is 0 Å². The third-order valence-electron chi connectivity index (χ3n) is 4.57. The molecule has 2 heterocycles. The van der Waals surface area contributed by atoms with Gasteiger partial charge in [-0.15, -0.1) is 0 Å². The summed E-state index contributed by atoms with van der Waals surface area (Å²) in [4.78, 5) is 36.5. The second kappa shape index (κ2) is 5.20. The lowest BCUT2D eigenvalue weighted by atomic mass is 9.87. The van der Waals surface area contributed by atoms with Crippen LogP contribution in [0.5, 0.6) is 0 Å². The van der Waals surface area contributed by atoms with Crippen LogP contribution >= 0.6 is 0 Å². The van der Waals surface area contributed by atoms with Crippen molar-refractivity contribution < 1.29 is 19.5 Å². The van der Waals surface area contributed by atoms with E-state index >= 15 is 0 Å². The SMILES string of the molecule is CC1(C(=O)O)CCN(C(=O)NC2CCC(=O)NC2(C)C)C1. The highest BCUT2D eigenvalue weighted by molar-refractivity contribution is 5.81. The molecule has 0 saturated carbocycles. The third kappa shape index (κ3) is 3.11. The molecule has 2 saturated heterocycles. The van der Waals surface area contributed by atoms with E-state index in [0.29, 0.717) is 25.8 Å². The zero-order valence-electron chi connectivity index (χ0n) is 12.7. The molecule has 2 aliphatic heterocycles. The summed E-state index contributed by atoms with van der Waals surface area (Å²) in [5.74, 6) is -0.881. The van der Waals surface area contributed by atoms with Gasteiger partial charge in [-0.3, -0.25) is 9.59 Å². The molecule has 0 aromatic rings. The van der Waals surface area contributed by atoms with Crippen molar-refractivity contribution in [2.24, 2.45) is 5.41 Å². The second-order valence-electron chi connectivity index (χ2n) is 6.85. The lowest BCUT2D eigenvalue weighted by molar-refractivity contribution is -0.147. The third-order valence-corrected chi connectivity index (χ3v) is 4.57. The van der Waals surface area contributed by atoms with Crippen LogP contribution in [-0.4, -0.2) is 52.6 Å². The van der Waals surface area contributed by atoms with Gasteiger partial charge < -0.3 is 20.6 Å². The van der Waals surface area contributed by atoms with Crippen LogP contribution in [0.25, 0.3) is 0 Å². The molecule has 0 aromatic heterocycles. The zero-order valence-corrected chi connectivity index (χ0v) is 12.7. The number of piperidine rings is 1. The Morgan fingerprint density at radius 2 is 2.05 bits per heavy atom. The first kappa shape index (κ1) is 15.6. The van der Waals surface area contributed by atoms with Crippen LogP contribution in [0, 0.1) is 5.41 Å². The fourth-order valence-electron chi connectivity index (χ4n) is 2.95. The van der Waals surface area contributed by atoms with Gasteiger partial charge >= 0.3 is 12.0 Å². The van der Waals surface area contributed by atoms with Crippen LogP contribution in [-0.2, 0) is 9.59 Å². The van der Waals surface area contributed by atoms with Gasteiger partial charge in [0.2, 0.25) is 5.91 Å². The maximum absolute atomic E-state index is 12.3. The van der Waals surface area contributed by atoms with Crippen molar-refractivity contribution in [3.05, 3.63) is 0 Å². The number of carboxylic acid groups (broad SMARTS) is 1. The molecule has 0 aromatic carbocycles. The first-order valence-electron chi connectivity index (χ1n) is 7.24. The number of rotatable bonds is 2. The average molecular weight is 297 g/mol. The standard InChI is InChI=1S/C14H23N3O4/c1-13(2)9(4-5-10(18)16-13)15-12(21)17-7-6-14(3,8-17)11(19)20/h9H,4-8H2,1-3H3,(H,15,21)(H,16,18)(H,19,20). The molecule has 3 amide bonds. The van der Waals surface area contributed by atoms with Gasteiger partial charge in [0.25, 0.3) is 0 Å². The van der Waals surface area contributed by atoms with Gasteiger partial charge in [-0.05, 0) is 33.6 Å². The highest BCUT2D eigenvalue weighted by Crippen LogP contribution is 2.30. The van der Waals surface area contributed by atoms with Crippen molar-refractivity contribution in [3.8, 4) is 0 Å². The molecule has 2 atom stereocenters. The number of aliphatic carboxylic acids is 1. The van der Waals surface area contributed by atoms with E-state index in [2.05, 4.69) is 10.6 Å². The molecule has 7 nitrogen and oxygen atoms in total. The predicted octanol–water partition coefficient (Wildman–Crippen LogP) is 0.550. The molecule has 2 unspecified atom stereocenters. The lowest BCUT2D eigenvalue weighted by Gasteiger charge is -2.40. The smallest absolute Gasteiger partial charge is 0.317 e. The largest absolute Gasteiger partial charge is 0.481 e. The number of carbonyl (C=O) groups is 3. The number of likely N-dealkylation sites (tertiary alicyclic amines) is 1. The molecule has 118 valence electrons. The fourth-order valence-corrected chi connectivity index (χ4v) is 2.95. The molecule has 0 bridgehead atoms. The van der Waals surface area contributed by atoms with E-state index in [1.807, 2.05) is 13.8 Å². The summed E-state index contributed by atoms with van der Waals surface area (Å²) in [6, 6.07) is -0.409. The van der Waals surface area contributed by atoms with E-state index in [1.54, 1.807) is 11.8 Å². The normalized spacial score (nSPS) is 31.7. The van der Waals surface area contributed by atoms with Gasteiger partial charge in [0, 0.05) is 19.5 Å². The molecular weight excluding hydrogens is 274 g/mol. The molecule has 0 aliphatic carbocycles. The van der Waals surface area contributed by atoms with Crippen LogP contribution < -0.4 is 10.6 Å². The van der Waals surface area contributed by atoms with Crippen LogP contribution in [0.2, 0.25) is 0 Å². The van der Waals surface area contributed by atoms with Crippen LogP contribution in [0.15, 0.2) is 0 Å². The summed E-state index contributed by atoms with van der Waals surface area (Å²) >= 11 is 0. The Balaban J connectivity index is 1.97. The number of carboxylic acids is 1. The number of amides is 3. The topological polar surface area (TPSA) is 98.7 Å². The van der Waals surface area contributed by atoms with E-state index in [0.717, 1.165) is 0 Å². The molecule has 0 radical (unpaired) electrons. The maximum Gasteiger partial charge on any atom is 0.317 e. The van der Waals surface area contributed by atoms with E-state index < -0.39 is 16.9 Å². The van der Waals surface area contributed by atoms with Crippen molar-refractivity contribution in [2.45, 2.75) is 51.6 Å². The highest BCUT2D eigenvalue weighted by Gasteiger charge is 2.43. The molecule has 2 fully saturated rings. The summed E-state index contributed by atoms with van der Waals surface area (Å²) < 4.78 is 0. The zero-order chi connectivity index (χ0) is 15.8. The van der Waals surface area contributed by atoms with Crippen molar-refractivity contribution in [1.29, 1.82) is 0 Å². The monoisotopic (exact) mass is 297 g/mol. The first-order chi connectivity index (χ1) is 9.64. The van der Waals surface area contributed by atoms with Gasteiger partial charge in [-0.2, -0.15) is 0 Å². The summed E-state index contributed by atoms with van der Waals surface area (Å²) in [6.45, 7) is 6.07. The van der Waals surface area contributed by atoms with Gasteiger partial charge in [0.15, 0.2) is 0 Å². The van der Waals surface area contributed by atoms with Crippen molar-refractivity contribution in [1.82, 2.24) is 15.5 Å². The van der Waals surface area contributed by atoms with E-state index in [1.165, 1.54) is 0 Å². The molecule has 2 rings (SSSR count). The first-order valence-corrected chi connectivity index (χ1v) is 7.24. The van der Waals surface area contributed by atoms with Gasteiger partial charge in [-0.1, -0.05) is 0 Å². The molecular formula is C14H23N3O4. The number of carbonyl (C=O) groups excluding carboxylic acids is 2. The van der Waals surface area contributed by atoms with Gasteiger partial charge in [0.05, 0.1) is 17.0 Å². The molecule has 3 N–H and O–H groups in total. The number of nitrogens with zero attached hydrogens (tertiary/aromatic N) is 1. The quantitative estimate of drug-likeness (QED) is 0.693. The predicted molar refractivity (Wildman–Crippen MR) is 75.7 cm³/mol. The Labute approximate surface area is 124 Å². The number of urea groups is 1. The fraction of sp³-hybridized carbons (Fsp3) is 0.786. The summed E-state index contributed by atoms with van der Waals surface area (Å²) in [6.07, 6.45) is 1.44. The van der Waals surface area contributed by atoms with Crippen LogP contribution in [0.4, 0.5) is 4.79 Å². The average Bonchev–Trinajstić information content (AvgIpc) is 2.76. The summed E-state index contributed by atoms with van der Waals surface area (Å²) in [5.41, 5.74) is -1.37. The van der Waals surface area contributed by atoms with Crippen molar-refractivity contribution in [3.63, 3.8) is 0 Å². The minimum absolute atomic E-state index is 0.00914. The summed E-state index contributed by atoms with van der Waals surface area (Å²) in [5, 5.41) is 15.0. The Bertz CT molecular complexity index is 477. The highest BCUT2D eigenvalue weighted by atomic mass is 16.4. The van der Waals surface area contributed by atoms with E-state index in [-0.39, 0.29) is 24.5 Å². The molecule has 0 spiro atoms. The van der Waals surface area contributed by atoms with Gasteiger partial charge in [-0.25, -0.2) is 4.79 Å². The second-order valence-corrected chi connectivity index (χ2v) is 6.85. The Morgan fingerprint density at radius 3 is 2.57 bits per heavy atom. The Morgan fingerprint density at radius 1 is 1.38 bits per heavy atom. The number of nitrogens with one attached hydrogen (secondary N) is 2. The number of hydrogen-bond acceptors (Lipinski definition) is 3. The molecule has 21 heavy (non-hydrogen) atoms. The Kier molecular flexibility index (Phi) is 3.86. The van der Waals surface area contributed by atoms with Crippen LogP contribution in [0.3, 0.4) is 0 Å². The molecule has 2 aliphatic rings. The maximum atomic E-state index is 12.3. The van der Waals surface area contributed by atoms with E-state index in [9.17, 15) is 19.5 Å². The summed E-state index contributed by atoms with van der Waals surface area (Å²) in [7, 11) is 0. The Hall–Kier alpha value is -1.79. The van der Waals surface area contributed by atoms with E-state index in [4.69, 9.17) is 0 Å².